The molecule has 0 atom stereocenters. The van der Waals surface area contributed by atoms with Gasteiger partial charge in [0.05, 0.1) is 5.69 Å². The van der Waals surface area contributed by atoms with Crippen molar-refractivity contribution in [3.63, 3.8) is 0 Å². The lowest BCUT2D eigenvalue weighted by atomic mass is 9.95. The summed E-state index contributed by atoms with van der Waals surface area (Å²) in [6.07, 6.45) is 4.04. The Labute approximate surface area is 156 Å². The summed E-state index contributed by atoms with van der Waals surface area (Å²) in [5.41, 5.74) is 0.359. The summed E-state index contributed by atoms with van der Waals surface area (Å²) in [5, 5.41) is 12.8. The first-order chi connectivity index (χ1) is 13.1. The number of nitrogens with zero attached hydrogens (tertiary/aromatic N) is 4. The van der Waals surface area contributed by atoms with Crippen molar-refractivity contribution >= 4 is 23.2 Å². The van der Waals surface area contributed by atoms with E-state index in [0.717, 1.165) is 25.7 Å². The Bertz CT molecular complexity index is 884. The molecule has 8 heteroatoms. The van der Waals surface area contributed by atoms with E-state index in [2.05, 4.69) is 20.6 Å². The van der Waals surface area contributed by atoms with Crippen molar-refractivity contribution in [3.8, 4) is 0 Å². The lowest BCUT2D eigenvalue weighted by Crippen LogP contribution is -2.49. The molecule has 1 aliphatic heterocycles. The van der Waals surface area contributed by atoms with Crippen molar-refractivity contribution in [2.24, 2.45) is 5.10 Å². The Morgan fingerprint density at radius 3 is 2.59 bits per heavy atom. The predicted molar refractivity (Wildman–Crippen MR) is 97.9 cm³/mol. The third-order valence-electron chi connectivity index (χ3n) is 5.06. The Hall–Kier alpha value is -3.03. The average molecular weight is 367 g/mol. The number of aryl methyl sites for hydroxylation is 1. The summed E-state index contributed by atoms with van der Waals surface area (Å²) >= 11 is 0. The number of rotatable bonds is 4. The highest BCUT2D eigenvalue weighted by Gasteiger charge is 2.42. The highest BCUT2D eigenvalue weighted by Crippen LogP contribution is 2.37. The number of anilines is 1. The molecule has 2 aromatic rings. The maximum absolute atomic E-state index is 13.0. The molecule has 27 heavy (non-hydrogen) atoms. The van der Waals surface area contributed by atoms with Crippen LogP contribution in [0.3, 0.4) is 0 Å². The zero-order chi connectivity index (χ0) is 18.9. The van der Waals surface area contributed by atoms with Crippen molar-refractivity contribution in [2.45, 2.75) is 51.0 Å². The normalized spacial score (nSPS) is 19.1. The van der Waals surface area contributed by atoms with Gasteiger partial charge in [0, 0.05) is 19.8 Å². The topological polar surface area (TPSA) is 101 Å². The van der Waals surface area contributed by atoms with Crippen LogP contribution in [0.2, 0.25) is 0 Å². The van der Waals surface area contributed by atoms with Gasteiger partial charge in [-0.1, -0.05) is 36.2 Å². The van der Waals surface area contributed by atoms with Crippen molar-refractivity contribution in [1.29, 1.82) is 0 Å². The Kier molecular flexibility index (Phi) is 4.47. The van der Waals surface area contributed by atoms with Gasteiger partial charge in [-0.2, -0.15) is 10.1 Å². The van der Waals surface area contributed by atoms with Gasteiger partial charge in [-0.25, -0.2) is 5.01 Å². The van der Waals surface area contributed by atoms with E-state index in [0.29, 0.717) is 29.5 Å². The van der Waals surface area contributed by atoms with Gasteiger partial charge < -0.3 is 9.84 Å². The number of carbonyl (C=O) groups excluding carboxylic acids is 2. The zero-order valence-corrected chi connectivity index (χ0v) is 15.1. The summed E-state index contributed by atoms with van der Waals surface area (Å²) in [4.78, 5) is 29.5. The summed E-state index contributed by atoms with van der Waals surface area (Å²) in [7, 11) is 0. The smallest absolute Gasteiger partial charge is 0.268 e. The molecule has 8 nitrogen and oxygen atoms in total. The second-order valence-electron chi connectivity index (χ2n) is 6.97. The predicted octanol–water partition coefficient (Wildman–Crippen LogP) is 2.45. The third kappa shape index (κ3) is 3.34. The molecular formula is C19H21N5O3. The molecule has 0 saturated heterocycles. The Balaban J connectivity index is 1.59. The van der Waals surface area contributed by atoms with E-state index in [1.807, 2.05) is 18.2 Å². The molecule has 0 bridgehead atoms. The largest absolute Gasteiger partial charge is 0.340 e. The van der Waals surface area contributed by atoms with Gasteiger partial charge in [-0.05, 0) is 25.0 Å². The molecule has 0 spiro atoms. The summed E-state index contributed by atoms with van der Waals surface area (Å²) in [6.45, 7) is 1.73. The molecule has 2 aliphatic rings. The molecule has 1 aromatic heterocycles. The maximum Gasteiger partial charge on any atom is 0.268 e. The van der Waals surface area contributed by atoms with Crippen LogP contribution in [0, 0.1) is 6.92 Å². The number of amides is 2. The van der Waals surface area contributed by atoms with Gasteiger partial charge >= 0.3 is 0 Å². The number of carbonyl (C=O) groups is 2. The number of hydrazone groups is 1. The molecule has 1 aliphatic carbocycles. The Morgan fingerprint density at radius 2 is 1.93 bits per heavy atom. The van der Waals surface area contributed by atoms with Crippen molar-refractivity contribution in [1.82, 2.24) is 15.5 Å². The minimum absolute atomic E-state index is 0.123. The summed E-state index contributed by atoms with van der Waals surface area (Å²) in [6, 6.07) is 9.12. The second kappa shape index (κ2) is 6.94. The lowest BCUT2D eigenvalue weighted by Gasteiger charge is -2.29. The van der Waals surface area contributed by atoms with E-state index in [1.165, 1.54) is 5.01 Å². The Morgan fingerprint density at radius 1 is 1.19 bits per heavy atom. The lowest BCUT2D eigenvalue weighted by molar-refractivity contribution is -0.119. The summed E-state index contributed by atoms with van der Waals surface area (Å²) < 4.78 is 5.12. The van der Waals surface area contributed by atoms with Crippen LogP contribution in [-0.2, 0) is 15.1 Å². The maximum atomic E-state index is 13.0. The average Bonchev–Trinajstić information content (AvgIpc) is 3.33. The number of hydrogen-bond acceptors (Lipinski definition) is 6. The first-order valence-corrected chi connectivity index (χ1v) is 9.16. The summed E-state index contributed by atoms with van der Waals surface area (Å²) in [5.74, 6) is 0.578. The first-order valence-electron chi connectivity index (χ1n) is 9.16. The highest BCUT2D eigenvalue weighted by molar-refractivity contribution is 6.40. The van der Waals surface area contributed by atoms with Crippen LogP contribution in [0.15, 0.2) is 40.0 Å². The molecule has 1 N–H and O–H groups in total. The number of para-hydroxylation sites is 1. The van der Waals surface area contributed by atoms with Crippen LogP contribution in [0.25, 0.3) is 0 Å². The van der Waals surface area contributed by atoms with Gasteiger partial charge in [-0.3, -0.25) is 9.59 Å². The number of nitrogens with one attached hydrogen (secondary N) is 1. The van der Waals surface area contributed by atoms with Crippen LogP contribution in [-0.4, -0.2) is 27.7 Å². The highest BCUT2D eigenvalue weighted by atomic mass is 16.5. The number of benzene rings is 1. The van der Waals surface area contributed by atoms with Crippen molar-refractivity contribution < 1.29 is 14.1 Å². The standard InChI is InChI=1S/C19H21N5O3/c1-13-20-18(23-27-13)19(11-5-6-12-19)21-17(26)15-9-10-16(25)24(22-15)14-7-3-2-4-8-14/h2-4,7-8H,5-6,9-12H2,1H3,(H,21,26). The molecule has 140 valence electrons. The molecule has 2 amide bonds. The van der Waals surface area contributed by atoms with Crippen LogP contribution in [0.4, 0.5) is 5.69 Å². The van der Waals surface area contributed by atoms with Gasteiger partial charge in [0.15, 0.2) is 5.82 Å². The fraction of sp³-hybridized carbons (Fsp3) is 0.421. The molecule has 0 radical (unpaired) electrons. The third-order valence-corrected chi connectivity index (χ3v) is 5.06. The van der Waals surface area contributed by atoms with E-state index >= 15 is 0 Å². The van der Waals surface area contributed by atoms with E-state index in [4.69, 9.17) is 4.52 Å². The van der Waals surface area contributed by atoms with Gasteiger partial charge in [0.1, 0.15) is 11.3 Å². The van der Waals surface area contributed by atoms with Crippen LogP contribution >= 0.6 is 0 Å². The van der Waals surface area contributed by atoms with Crippen LogP contribution < -0.4 is 10.3 Å². The van der Waals surface area contributed by atoms with Crippen molar-refractivity contribution in [3.05, 3.63) is 42.0 Å². The SMILES string of the molecule is Cc1nc(C2(NC(=O)C3=NN(c4ccccc4)C(=O)CC3)CCCC2)no1. The first kappa shape index (κ1) is 17.4. The van der Waals surface area contributed by atoms with E-state index in [9.17, 15) is 9.59 Å². The van der Waals surface area contributed by atoms with Crippen LogP contribution in [0.5, 0.6) is 0 Å². The monoisotopic (exact) mass is 367 g/mol. The number of aromatic nitrogens is 2. The van der Waals surface area contributed by atoms with Gasteiger partial charge in [0.25, 0.3) is 5.91 Å². The number of hydrogen-bond donors (Lipinski definition) is 1. The van der Waals surface area contributed by atoms with Crippen LogP contribution in [0.1, 0.15) is 50.2 Å². The molecule has 1 aromatic carbocycles. The van der Waals surface area contributed by atoms with E-state index < -0.39 is 5.54 Å². The minimum Gasteiger partial charge on any atom is -0.340 e. The molecule has 4 rings (SSSR count). The fourth-order valence-corrected chi connectivity index (χ4v) is 3.65. The molecule has 1 fully saturated rings. The van der Waals surface area contributed by atoms with Crippen molar-refractivity contribution in [2.75, 3.05) is 5.01 Å². The second-order valence-corrected chi connectivity index (χ2v) is 6.97. The van der Waals surface area contributed by atoms with E-state index in [1.54, 1.807) is 19.1 Å². The van der Waals surface area contributed by atoms with E-state index in [-0.39, 0.29) is 18.2 Å². The van der Waals surface area contributed by atoms with Gasteiger partial charge in [0.2, 0.25) is 11.8 Å². The quantitative estimate of drug-likeness (QED) is 0.894. The molecule has 2 heterocycles. The molecule has 0 unspecified atom stereocenters. The minimum atomic E-state index is -0.629. The van der Waals surface area contributed by atoms with Gasteiger partial charge in [-0.15, -0.1) is 0 Å². The zero-order valence-electron chi connectivity index (χ0n) is 15.1. The molecular weight excluding hydrogens is 346 g/mol. The molecule has 1 saturated carbocycles. The fourth-order valence-electron chi connectivity index (χ4n) is 3.65.